The van der Waals surface area contributed by atoms with E-state index in [1.54, 1.807) is 0 Å². The van der Waals surface area contributed by atoms with Gasteiger partial charge in [0.25, 0.3) is 0 Å². The molecule has 24 heavy (non-hydrogen) atoms. The molecule has 3 N–H and O–H groups in total. The number of amides is 1. The molecular formula is C17H22N2O3VY-2. The Morgan fingerprint density at radius 3 is 2.33 bits per heavy atom. The minimum Gasteiger partial charge on any atom is -0.533 e. The Hall–Kier alpha value is -0.742. The van der Waals surface area contributed by atoms with E-state index in [1.807, 2.05) is 34.6 Å². The summed E-state index contributed by atoms with van der Waals surface area (Å²) in [5.41, 5.74) is 4.19. The molecule has 0 heterocycles. The first kappa shape index (κ1) is 25.5. The minimum atomic E-state index is -0.00205. The third-order valence-corrected chi connectivity index (χ3v) is 3.14. The molecule has 1 aromatic carbocycles. The molecule has 0 saturated heterocycles. The van der Waals surface area contributed by atoms with E-state index >= 15 is 0 Å². The Bertz CT molecular complexity index is 608. The van der Waals surface area contributed by atoms with E-state index in [0.717, 1.165) is 16.9 Å². The number of ether oxygens (including phenoxy) is 1. The minimum absolute atomic E-state index is 0. The fourth-order valence-corrected chi connectivity index (χ4v) is 1.79. The fraction of sp³-hybridized carbons (Fsp3) is 0.353. The normalized spacial score (nSPS) is 8.88. The zero-order valence-electron chi connectivity index (χ0n) is 14.7. The van der Waals surface area contributed by atoms with Crippen LogP contribution in [0.2, 0.25) is 0 Å². The maximum atomic E-state index is 10.2. The third kappa shape index (κ3) is 7.89. The van der Waals surface area contributed by atoms with Crippen LogP contribution in [0, 0.1) is 6.07 Å². The molecule has 1 amide bonds. The molecule has 2 radical (unpaired) electrons. The predicted molar refractivity (Wildman–Crippen MR) is 88.3 cm³/mol. The molecule has 0 saturated carbocycles. The Morgan fingerprint density at radius 2 is 1.88 bits per heavy atom. The van der Waals surface area contributed by atoms with E-state index in [9.17, 15) is 9.90 Å². The van der Waals surface area contributed by atoms with Crippen molar-refractivity contribution < 1.29 is 65.9 Å². The van der Waals surface area contributed by atoms with Gasteiger partial charge in [0.15, 0.2) is 0 Å². The second kappa shape index (κ2) is 12.6. The predicted octanol–water partition coefficient (Wildman–Crippen LogP) is 3.70. The third-order valence-electron chi connectivity index (χ3n) is 3.14. The first-order chi connectivity index (χ1) is 10.4. The number of nitrogens with one attached hydrogen (secondary N) is 2. The van der Waals surface area contributed by atoms with Gasteiger partial charge in [-0.15, -0.1) is 0 Å². The second-order valence-corrected chi connectivity index (χ2v) is 5.29. The molecule has 0 unspecified atom stereocenters. The zero-order chi connectivity index (χ0) is 16.7. The maximum absolute atomic E-state index is 10.2. The van der Waals surface area contributed by atoms with E-state index in [1.165, 1.54) is 24.1 Å². The van der Waals surface area contributed by atoms with E-state index in [0.29, 0.717) is 11.4 Å². The van der Waals surface area contributed by atoms with Gasteiger partial charge in [0.1, 0.15) is 12.5 Å². The molecule has 0 atom stereocenters. The first-order valence-electron chi connectivity index (χ1n) is 6.93. The Morgan fingerprint density at radius 1 is 1.25 bits per heavy atom. The molecule has 7 heteroatoms. The summed E-state index contributed by atoms with van der Waals surface area (Å²) in [6, 6.07) is 5.73. The molecule has 1 rings (SSSR count). The van der Waals surface area contributed by atoms with Crippen LogP contribution >= 0.6 is 0 Å². The Balaban J connectivity index is 0. The Labute approximate surface area is 181 Å². The summed E-state index contributed by atoms with van der Waals surface area (Å²) >= 11 is 0. The van der Waals surface area contributed by atoms with Crippen molar-refractivity contribution in [3.05, 3.63) is 40.7 Å². The Kier molecular flexibility index (Phi) is 13.4. The van der Waals surface area contributed by atoms with Crippen molar-refractivity contribution in [1.82, 2.24) is 0 Å². The standard InChI is InChI=1S/C17H22N2O3.V.Y/c1-11(2)13(5)17(12(3)4)22-10-19-15-7-6-14(18-9-20)8-16(15)21;;/h7-8,19,21H,10H2,1-5H3,(H,18,20);;/q-2;;. The number of rotatable bonds is 7. The first-order valence-corrected chi connectivity index (χ1v) is 6.93. The average molecular weight is 442 g/mol. The fourth-order valence-electron chi connectivity index (χ4n) is 1.79. The molecular weight excluding hydrogens is 420 g/mol. The van der Waals surface area contributed by atoms with Gasteiger partial charge in [-0.25, -0.2) is 5.69 Å². The van der Waals surface area contributed by atoms with Crippen molar-refractivity contribution in [2.75, 3.05) is 17.4 Å². The number of benzene rings is 1. The van der Waals surface area contributed by atoms with E-state index < -0.39 is 0 Å². The van der Waals surface area contributed by atoms with Gasteiger partial charge >= 0.3 is 0 Å². The van der Waals surface area contributed by atoms with Gasteiger partial charge in [-0.3, -0.25) is 6.07 Å². The van der Waals surface area contributed by atoms with Gasteiger partial charge in [-0.2, -0.15) is 12.1 Å². The summed E-state index contributed by atoms with van der Waals surface area (Å²) in [7, 11) is 0. The van der Waals surface area contributed by atoms with E-state index in [-0.39, 0.29) is 63.7 Å². The zero-order valence-corrected chi connectivity index (χ0v) is 18.9. The molecule has 0 aliphatic heterocycles. The van der Waals surface area contributed by atoms with Crippen LogP contribution in [0.4, 0.5) is 11.4 Å². The van der Waals surface area contributed by atoms with Crippen molar-refractivity contribution >= 4 is 17.8 Å². The van der Waals surface area contributed by atoms with Gasteiger partial charge in [0.2, 0.25) is 0 Å². The topological polar surface area (TPSA) is 70.6 Å². The van der Waals surface area contributed by atoms with Crippen LogP contribution in [-0.4, -0.2) is 18.2 Å². The quantitative estimate of drug-likeness (QED) is 0.151. The van der Waals surface area contributed by atoms with Crippen molar-refractivity contribution in [1.29, 1.82) is 0 Å². The summed E-state index contributed by atoms with van der Waals surface area (Å²) in [6.07, 6.45) is 1.53. The van der Waals surface area contributed by atoms with Gasteiger partial charge < -0.3 is 25.3 Å². The largest absolute Gasteiger partial charge is 0.533 e. The number of allylic oxidation sites excluding steroid dienone is 3. The number of carbonyl (C=O) groups excluding carboxylic acids is 1. The van der Waals surface area contributed by atoms with Crippen molar-refractivity contribution in [2.24, 2.45) is 0 Å². The number of hydrogen-bond acceptors (Lipinski definition) is 4. The van der Waals surface area contributed by atoms with Gasteiger partial charge in [-0.05, 0) is 51.5 Å². The van der Waals surface area contributed by atoms with Gasteiger partial charge in [-0.1, -0.05) is 5.57 Å². The molecule has 0 fully saturated rings. The second-order valence-electron chi connectivity index (χ2n) is 5.29. The molecule has 0 aliphatic carbocycles. The summed E-state index contributed by atoms with van der Waals surface area (Å²) in [4.78, 5) is 10.2. The number of phenols is 1. The number of phenolic OH excluding ortho intramolecular Hbond substituents is 1. The van der Waals surface area contributed by atoms with Crippen LogP contribution in [0.5, 0.6) is 5.75 Å². The van der Waals surface area contributed by atoms with Crippen molar-refractivity contribution in [3.63, 3.8) is 0 Å². The molecule has 0 bridgehead atoms. The molecule has 0 spiro atoms. The van der Waals surface area contributed by atoms with Crippen LogP contribution in [0.3, 0.4) is 0 Å². The monoisotopic (exact) mass is 442 g/mol. The number of anilines is 2. The van der Waals surface area contributed by atoms with E-state index in [2.05, 4.69) is 16.7 Å². The van der Waals surface area contributed by atoms with Crippen LogP contribution in [-0.2, 0) is 60.8 Å². The van der Waals surface area contributed by atoms with Crippen LogP contribution in [0.25, 0.3) is 0 Å². The van der Waals surface area contributed by atoms with Gasteiger partial charge in [0.05, 0.1) is 6.41 Å². The molecule has 5 nitrogen and oxygen atoms in total. The molecule has 128 valence electrons. The number of hydrogen-bond donors (Lipinski definition) is 3. The van der Waals surface area contributed by atoms with Crippen molar-refractivity contribution in [3.8, 4) is 5.75 Å². The molecule has 1 aromatic rings. The van der Waals surface area contributed by atoms with Crippen LogP contribution in [0.1, 0.15) is 34.6 Å². The van der Waals surface area contributed by atoms with Gasteiger partial charge in [0, 0.05) is 57.0 Å². The molecule has 0 aliphatic rings. The molecule has 0 aromatic heterocycles. The number of aromatic hydroxyl groups is 1. The smallest absolute Gasteiger partial charge is 0.149 e. The average Bonchev–Trinajstić information content (AvgIpc) is 2.44. The summed E-state index contributed by atoms with van der Waals surface area (Å²) < 4.78 is 5.77. The summed E-state index contributed by atoms with van der Waals surface area (Å²) in [5.74, 6) is 0.836. The summed E-state index contributed by atoms with van der Waals surface area (Å²) in [5, 5.41) is 15.1. The van der Waals surface area contributed by atoms with Crippen LogP contribution in [0.15, 0.2) is 34.6 Å². The van der Waals surface area contributed by atoms with Crippen LogP contribution < -0.4 is 10.6 Å². The maximum Gasteiger partial charge on any atom is 0.149 e. The summed E-state index contributed by atoms with van der Waals surface area (Å²) in [6.45, 7) is 10.3. The van der Waals surface area contributed by atoms with Crippen molar-refractivity contribution in [2.45, 2.75) is 34.6 Å². The van der Waals surface area contributed by atoms with E-state index in [4.69, 9.17) is 4.74 Å². The SMILES string of the molecule is CC(C)=C(C)C(OCNc1c[c-]c(N[C-]=O)cc1O)=C(C)C.[V].[Y].